The van der Waals surface area contributed by atoms with E-state index < -0.39 is 10.9 Å². The molecule has 1 N–H and O–H groups in total. The van der Waals surface area contributed by atoms with Gasteiger partial charge in [-0.2, -0.15) is 0 Å². The van der Waals surface area contributed by atoms with Crippen molar-refractivity contribution >= 4 is 34.7 Å². The van der Waals surface area contributed by atoms with Crippen LogP contribution in [0.25, 0.3) is 11.1 Å². The van der Waals surface area contributed by atoms with Gasteiger partial charge in [-0.05, 0) is 55.8 Å². The number of benzene rings is 4. The average Bonchev–Trinajstić information content (AvgIpc) is 3.09. The first-order chi connectivity index (χ1) is 23.0. The highest BCUT2D eigenvalue weighted by Crippen LogP contribution is 2.43. The first-order valence-electron chi connectivity index (χ1n) is 15.2. The van der Waals surface area contributed by atoms with Crippen molar-refractivity contribution in [3.05, 3.63) is 99.6 Å². The molecule has 0 heterocycles. The minimum absolute atomic E-state index is 0.116. The minimum Gasteiger partial charge on any atom is -0.496 e. The van der Waals surface area contributed by atoms with Gasteiger partial charge in [0.05, 0.1) is 42.1 Å². The lowest BCUT2D eigenvalue weighted by atomic mass is 9.95. The second kappa shape index (κ2) is 15.6. The van der Waals surface area contributed by atoms with Crippen LogP contribution in [-0.4, -0.2) is 50.4 Å². The number of amides is 1. The van der Waals surface area contributed by atoms with Crippen LogP contribution in [0.15, 0.2) is 72.8 Å². The molecule has 4 rings (SSSR count). The highest BCUT2D eigenvalue weighted by atomic mass is 16.6. The van der Waals surface area contributed by atoms with E-state index in [-0.39, 0.29) is 47.5 Å². The van der Waals surface area contributed by atoms with E-state index in [1.54, 1.807) is 55.3 Å². The molecule has 0 aromatic heterocycles. The standard InChI is InChI=1S/C36H37N3O9/c1-7-34(41)38(4)35-29(21-47-33-19-25(39(43)44)12-17-31(33)45-5)27(15-16-30(35)37-8-2)28-14-13-26(20-32(28)46-6)48-36(42)24-11-9-10-23(18-24)22(3)40/h9-20,37H,7-8,21H2,1-6H3. The lowest BCUT2D eigenvalue weighted by Crippen LogP contribution is -2.28. The van der Waals surface area contributed by atoms with Crippen LogP contribution >= 0.6 is 0 Å². The van der Waals surface area contributed by atoms with Crippen LogP contribution in [0.1, 0.15) is 53.5 Å². The molecule has 4 aromatic carbocycles. The molecule has 0 aliphatic rings. The molecule has 0 saturated carbocycles. The van der Waals surface area contributed by atoms with Gasteiger partial charge in [-0.15, -0.1) is 0 Å². The number of ether oxygens (including phenoxy) is 4. The van der Waals surface area contributed by atoms with E-state index in [2.05, 4.69) is 5.32 Å². The molecule has 0 aliphatic heterocycles. The maximum absolute atomic E-state index is 13.1. The van der Waals surface area contributed by atoms with Crippen molar-refractivity contribution in [2.24, 2.45) is 0 Å². The summed E-state index contributed by atoms with van der Waals surface area (Å²) in [6, 6.07) is 18.9. The van der Waals surface area contributed by atoms with Crippen LogP contribution in [0, 0.1) is 10.1 Å². The van der Waals surface area contributed by atoms with Crippen LogP contribution in [0.3, 0.4) is 0 Å². The maximum atomic E-state index is 13.1. The minimum atomic E-state index is -0.648. The molecule has 0 bridgehead atoms. The summed E-state index contributed by atoms with van der Waals surface area (Å²) in [5, 5.41) is 14.8. The number of carbonyl (C=O) groups excluding carboxylic acids is 3. The number of nitro groups is 1. The lowest BCUT2D eigenvalue weighted by Gasteiger charge is -2.27. The SMILES string of the molecule is CCNc1ccc(-c2ccc(OC(=O)c3cccc(C(C)=O)c3)cc2OC)c(COc2cc([N+](=O)[O-])ccc2OC)c1N(C)C(=O)CC. The number of Topliss-reactive ketones (excluding diaryl/α,β-unsaturated/α-hetero) is 1. The third kappa shape index (κ3) is 7.72. The summed E-state index contributed by atoms with van der Waals surface area (Å²) in [4.78, 5) is 50.4. The monoisotopic (exact) mass is 655 g/mol. The Balaban J connectivity index is 1.83. The Bertz CT molecular complexity index is 1850. The zero-order chi connectivity index (χ0) is 35.0. The van der Waals surface area contributed by atoms with E-state index >= 15 is 0 Å². The average molecular weight is 656 g/mol. The molecule has 48 heavy (non-hydrogen) atoms. The number of esters is 1. The highest BCUT2D eigenvalue weighted by Gasteiger charge is 2.24. The molecule has 4 aromatic rings. The fourth-order valence-electron chi connectivity index (χ4n) is 5.14. The number of rotatable bonds is 14. The number of carbonyl (C=O) groups is 3. The van der Waals surface area contributed by atoms with Gasteiger partial charge in [0.15, 0.2) is 17.3 Å². The van der Waals surface area contributed by atoms with Gasteiger partial charge in [-0.1, -0.05) is 25.1 Å². The van der Waals surface area contributed by atoms with Crippen molar-refractivity contribution in [3.63, 3.8) is 0 Å². The van der Waals surface area contributed by atoms with Gasteiger partial charge in [-0.3, -0.25) is 19.7 Å². The Labute approximate surface area is 278 Å². The van der Waals surface area contributed by atoms with E-state index in [4.69, 9.17) is 18.9 Å². The van der Waals surface area contributed by atoms with Crippen LogP contribution in [-0.2, 0) is 11.4 Å². The number of nitrogens with one attached hydrogen (secondary N) is 1. The van der Waals surface area contributed by atoms with Gasteiger partial charge in [0, 0.05) is 48.8 Å². The molecule has 12 nitrogen and oxygen atoms in total. The Hall–Kier alpha value is -5.91. The van der Waals surface area contributed by atoms with Crippen LogP contribution < -0.4 is 29.2 Å². The predicted molar refractivity (Wildman–Crippen MR) is 182 cm³/mol. The molecular weight excluding hydrogens is 618 g/mol. The predicted octanol–water partition coefficient (Wildman–Crippen LogP) is 7.08. The zero-order valence-electron chi connectivity index (χ0n) is 27.6. The van der Waals surface area contributed by atoms with Crippen LogP contribution in [0.4, 0.5) is 17.1 Å². The molecule has 0 spiro atoms. The van der Waals surface area contributed by atoms with E-state index in [1.807, 2.05) is 19.1 Å². The number of hydrogen-bond donors (Lipinski definition) is 1. The van der Waals surface area contributed by atoms with Gasteiger partial charge in [0.1, 0.15) is 18.1 Å². The Morgan fingerprint density at radius 1 is 0.854 bits per heavy atom. The molecule has 0 aliphatic carbocycles. The summed E-state index contributed by atoms with van der Waals surface area (Å²) in [6.07, 6.45) is 0.240. The van der Waals surface area contributed by atoms with Gasteiger partial charge in [-0.25, -0.2) is 4.79 Å². The molecule has 0 fully saturated rings. The van der Waals surface area contributed by atoms with Crippen LogP contribution in [0.5, 0.6) is 23.0 Å². The first-order valence-corrected chi connectivity index (χ1v) is 15.2. The molecule has 250 valence electrons. The third-order valence-electron chi connectivity index (χ3n) is 7.57. The van der Waals surface area contributed by atoms with E-state index in [9.17, 15) is 24.5 Å². The number of methoxy groups -OCH3 is 2. The third-order valence-corrected chi connectivity index (χ3v) is 7.57. The topological polar surface area (TPSA) is 147 Å². The normalized spacial score (nSPS) is 10.5. The Kier molecular flexibility index (Phi) is 11.4. The second-order valence-corrected chi connectivity index (χ2v) is 10.6. The maximum Gasteiger partial charge on any atom is 0.343 e. The summed E-state index contributed by atoms with van der Waals surface area (Å²) in [5.74, 6) is 0.0278. The van der Waals surface area contributed by atoms with Gasteiger partial charge in [0.25, 0.3) is 5.69 Å². The molecule has 1 amide bonds. The van der Waals surface area contributed by atoms with Crippen molar-refractivity contribution < 1.29 is 38.3 Å². The van der Waals surface area contributed by atoms with Crippen molar-refractivity contribution in [2.45, 2.75) is 33.8 Å². The fourth-order valence-corrected chi connectivity index (χ4v) is 5.14. The zero-order valence-corrected chi connectivity index (χ0v) is 27.6. The van der Waals surface area contributed by atoms with Crippen molar-refractivity contribution in [3.8, 4) is 34.1 Å². The molecule has 0 saturated heterocycles. The summed E-state index contributed by atoms with van der Waals surface area (Å²) in [6.45, 7) is 5.56. The fraction of sp³-hybridized carbons (Fsp3) is 0.250. The van der Waals surface area contributed by atoms with Gasteiger partial charge < -0.3 is 29.2 Å². The summed E-state index contributed by atoms with van der Waals surface area (Å²) in [7, 11) is 4.58. The van der Waals surface area contributed by atoms with Gasteiger partial charge in [0.2, 0.25) is 5.91 Å². The number of ketones is 1. The smallest absolute Gasteiger partial charge is 0.343 e. The van der Waals surface area contributed by atoms with Crippen molar-refractivity contribution in [2.75, 3.05) is 38.0 Å². The molecular formula is C36H37N3O9. The first kappa shape index (κ1) is 35.0. The Morgan fingerprint density at radius 2 is 1.56 bits per heavy atom. The van der Waals surface area contributed by atoms with E-state index in [0.29, 0.717) is 51.7 Å². The quantitative estimate of drug-likeness (QED) is 0.0491. The number of anilines is 2. The number of non-ortho nitro benzene ring substituents is 1. The van der Waals surface area contributed by atoms with Gasteiger partial charge >= 0.3 is 5.97 Å². The van der Waals surface area contributed by atoms with Crippen molar-refractivity contribution in [1.29, 1.82) is 0 Å². The van der Waals surface area contributed by atoms with Crippen LogP contribution in [0.2, 0.25) is 0 Å². The summed E-state index contributed by atoms with van der Waals surface area (Å²) < 4.78 is 23.0. The number of nitro benzene ring substituents is 1. The number of nitrogens with zero attached hydrogens (tertiary/aromatic N) is 2. The largest absolute Gasteiger partial charge is 0.496 e. The molecule has 0 unspecified atom stereocenters. The summed E-state index contributed by atoms with van der Waals surface area (Å²) >= 11 is 0. The second-order valence-electron chi connectivity index (χ2n) is 10.6. The molecule has 12 heteroatoms. The summed E-state index contributed by atoms with van der Waals surface area (Å²) in [5.41, 5.74) is 3.46. The highest BCUT2D eigenvalue weighted by molar-refractivity contribution is 6.00. The number of hydrogen-bond acceptors (Lipinski definition) is 10. The van der Waals surface area contributed by atoms with E-state index in [0.717, 1.165) is 0 Å². The van der Waals surface area contributed by atoms with E-state index in [1.165, 1.54) is 45.4 Å². The Morgan fingerprint density at radius 3 is 2.21 bits per heavy atom. The molecule has 0 radical (unpaired) electrons. The van der Waals surface area contributed by atoms with Crippen molar-refractivity contribution in [1.82, 2.24) is 0 Å². The molecule has 0 atom stereocenters. The lowest BCUT2D eigenvalue weighted by molar-refractivity contribution is -0.385.